The van der Waals surface area contributed by atoms with Crippen LogP contribution in [0.25, 0.3) is 10.9 Å². The summed E-state index contributed by atoms with van der Waals surface area (Å²) in [5.74, 6) is 0.980. The number of ether oxygens (including phenoxy) is 1. The molecule has 1 saturated heterocycles. The Morgan fingerprint density at radius 3 is 3.10 bits per heavy atom. The third-order valence-corrected chi connectivity index (χ3v) is 4.56. The number of hydrogen-bond acceptors (Lipinski definition) is 5. The second-order valence-corrected chi connectivity index (χ2v) is 6.00. The molecule has 1 atom stereocenters. The Labute approximate surface area is 127 Å². The van der Waals surface area contributed by atoms with Crippen molar-refractivity contribution in [3.8, 4) is 0 Å². The summed E-state index contributed by atoms with van der Waals surface area (Å²) in [5, 5.41) is 13.8. The van der Waals surface area contributed by atoms with Gasteiger partial charge in [0, 0.05) is 23.3 Å². The molecule has 3 rings (SSSR count). The van der Waals surface area contributed by atoms with Crippen LogP contribution >= 0.6 is 11.8 Å². The lowest BCUT2D eigenvalue weighted by Crippen LogP contribution is -2.14. The molecule has 0 radical (unpaired) electrons. The van der Waals surface area contributed by atoms with Gasteiger partial charge in [-0.2, -0.15) is 0 Å². The fraction of sp³-hybridized carbons (Fsp3) is 0.333. The van der Waals surface area contributed by atoms with Crippen LogP contribution in [0, 0.1) is 0 Å². The highest BCUT2D eigenvalue weighted by atomic mass is 32.2. The van der Waals surface area contributed by atoms with E-state index in [-0.39, 0.29) is 5.84 Å². The minimum absolute atomic E-state index is 0.104. The van der Waals surface area contributed by atoms with Crippen molar-refractivity contribution in [2.24, 2.45) is 10.9 Å². The number of nitrogens with zero attached hydrogens (tertiary/aromatic N) is 2. The Morgan fingerprint density at radius 2 is 2.33 bits per heavy atom. The molecule has 110 valence electrons. The number of fused-ring (bicyclic) bond motifs is 1. The predicted octanol–water partition coefficient (Wildman–Crippen LogP) is 2.60. The SMILES string of the molecule is N/C(=N/O)c1cc(SCC2CCCO2)nc2ccccc12. The molecule has 5 nitrogen and oxygen atoms in total. The zero-order chi connectivity index (χ0) is 14.7. The first kappa shape index (κ1) is 14.2. The van der Waals surface area contributed by atoms with Crippen LogP contribution in [0.4, 0.5) is 0 Å². The summed E-state index contributed by atoms with van der Waals surface area (Å²) in [6.07, 6.45) is 2.54. The molecule has 0 spiro atoms. The van der Waals surface area contributed by atoms with Crippen molar-refractivity contribution in [2.75, 3.05) is 12.4 Å². The van der Waals surface area contributed by atoms with Crippen LogP contribution in [-0.2, 0) is 4.74 Å². The third-order valence-electron chi connectivity index (χ3n) is 3.52. The van der Waals surface area contributed by atoms with Gasteiger partial charge in [-0.25, -0.2) is 4.98 Å². The normalized spacial score (nSPS) is 19.2. The van der Waals surface area contributed by atoms with Gasteiger partial charge in [0.15, 0.2) is 5.84 Å². The van der Waals surface area contributed by atoms with E-state index in [9.17, 15) is 0 Å². The van der Waals surface area contributed by atoms with E-state index in [1.54, 1.807) is 11.8 Å². The molecule has 6 heteroatoms. The van der Waals surface area contributed by atoms with Crippen LogP contribution in [0.2, 0.25) is 0 Å². The van der Waals surface area contributed by atoms with E-state index in [2.05, 4.69) is 10.1 Å². The van der Waals surface area contributed by atoms with Gasteiger partial charge in [0.1, 0.15) is 0 Å². The highest BCUT2D eigenvalue weighted by Crippen LogP contribution is 2.26. The smallest absolute Gasteiger partial charge is 0.170 e. The first-order valence-corrected chi connectivity index (χ1v) is 7.88. The number of thioether (sulfide) groups is 1. The highest BCUT2D eigenvalue weighted by molar-refractivity contribution is 7.99. The Bertz CT molecular complexity index is 669. The zero-order valence-corrected chi connectivity index (χ0v) is 12.3. The molecule has 0 saturated carbocycles. The van der Waals surface area contributed by atoms with Gasteiger partial charge in [-0.3, -0.25) is 0 Å². The van der Waals surface area contributed by atoms with Gasteiger partial charge in [-0.05, 0) is 25.0 Å². The second kappa shape index (κ2) is 6.32. The largest absolute Gasteiger partial charge is 0.409 e. The van der Waals surface area contributed by atoms with E-state index in [1.165, 1.54) is 0 Å². The molecule has 1 aliphatic rings. The molecule has 0 aliphatic carbocycles. The number of rotatable bonds is 4. The van der Waals surface area contributed by atoms with Crippen molar-refractivity contribution >= 4 is 28.5 Å². The Kier molecular flexibility index (Phi) is 4.26. The molecule has 2 aromatic rings. The quantitative estimate of drug-likeness (QED) is 0.298. The minimum atomic E-state index is 0.104. The van der Waals surface area contributed by atoms with Gasteiger partial charge in [0.05, 0.1) is 16.6 Å². The van der Waals surface area contributed by atoms with E-state index < -0.39 is 0 Å². The minimum Gasteiger partial charge on any atom is -0.409 e. The van der Waals surface area contributed by atoms with E-state index >= 15 is 0 Å². The highest BCUT2D eigenvalue weighted by Gasteiger charge is 2.17. The molecule has 1 aliphatic heterocycles. The fourth-order valence-corrected chi connectivity index (χ4v) is 3.43. The Balaban J connectivity index is 1.91. The maximum atomic E-state index is 8.96. The molecular weight excluding hydrogens is 286 g/mol. The van der Waals surface area contributed by atoms with E-state index in [0.29, 0.717) is 11.7 Å². The second-order valence-electron chi connectivity index (χ2n) is 4.96. The van der Waals surface area contributed by atoms with Crippen molar-refractivity contribution < 1.29 is 9.94 Å². The average molecular weight is 303 g/mol. The monoisotopic (exact) mass is 303 g/mol. The molecule has 0 amide bonds. The lowest BCUT2D eigenvalue weighted by molar-refractivity contribution is 0.129. The van der Waals surface area contributed by atoms with Crippen LogP contribution in [0.15, 0.2) is 40.5 Å². The van der Waals surface area contributed by atoms with Crippen molar-refractivity contribution in [1.82, 2.24) is 4.98 Å². The van der Waals surface area contributed by atoms with Crippen molar-refractivity contribution in [1.29, 1.82) is 0 Å². The van der Waals surface area contributed by atoms with Gasteiger partial charge in [-0.1, -0.05) is 23.4 Å². The zero-order valence-electron chi connectivity index (χ0n) is 11.5. The topological polar surface area (TPSA) is 80.7 Å². The molecule has 3 N–H and O–H groups in total. The fourth-order valence-electron chi connectivity index (χ4n) is 2.44. The van der Waals surface area contributed by atoms with Gasteiger partial charge in [0.25, 0.3) is 0 Å². The number of para-hydroxylation sites is 1. The molecule has 0 bridgehead atoms. The summed E-state index contributed by atoms with van der Waals surface area (Å²) in [6.45, 7) is 0.853. The first-order valence-electron chi connectivity index (χ1n) is 6.90. The Morgan fingerprint density at radius 1 is 1.48 bits per heavy atom. The number of benzene rings is 1. The number of pyridine rings is 1. The predicted molar refractivity (Wildman–Crippen MR) is 84.0 cm³/mol. The lowest BCUT2D eigenvalue weighted by atomic mass is 10.1. The van der Waals surface area contributed by atoms with E-state index in [1.807, 2.05) is 30.3 Å². The summed E-state index contributed by atoms with van der Waals surface area (Å²) >= 11 is 1.65. The van der Waals surface area contributed by atoms with Crippen LogP contribution in [0.3, 0.4) is 0 Å². The van der Waals surface area contributed by atoms with Crippen LogP contribution in [0.5, 0.6) is 0 Å². The maximum Gasteiger partial charge on any atom is 0.170 e. The van der Waals surface area contributed by atoms with Gasteiger partial charge < -0.3 is 15.7 Å². The number of nitrogens with two attached hydrogens (primary N) is 1. The number of oxime groups is 1. The molecule has 1 fully saturated rings. The molecule has 2 heterocycles. The van der Waals surface area contributed by atoms with Gasteiger partial charge >= 0.3 is 0 Å². The average Bonchev–Trinajstić information content (AvgIpc) is 3.04. The molecule has 1 aromatic heterocycles. The first-order chi connectivity index (χ1) is 10.3. The maximum absolute atomic E-state index is 8.96. The number of amidine groups is 1. The van der Waals surface area contributed by atoms with E-state index in [0.717, 1.165) is 41.1 Å². The Hall–Kier alpha value is -1.79. The summed E-state index contributed by atoms with van der Waals surface area (Å²) < 4.78 is 5.62. The molecular formula is C15H17N3O2S. The lowest BCUT2D eigenvalue weighted by Gasteiger charge is -2.11. The van der Waals surface area contributed by atoms with Crippen LogP contribution in [-0.4, -0.2) is 34.5 Å². The van der Waals surface area contributed by atoms with Crippen molar-refractivity contribution in [3.05, 3.63) is 35.9 Å². The molecule has 21 heavy (non-hydrogen) atoms. The summed E-state index contributed by atoms with van der Waals surface area (Å²) in [5.41, 5.74) is 7.34. The molecule has 1 unspecified atom stereocenters. The summed E-state index contributed by atoms with van der Waals surface area (Å²) in [6, 6.07) is 9.57. The number of aromatic nitrogens is 1. The van der Waals surface area contributed by atoms with Crippen molar-refractivity contribution in [3.63, 3.8) is 0 Å². The summed E-state index contributed by atoms with van der Waals surface area (Å²) in [4.78, 5) is 4.63. The van der Waals surface area contributed by atoms with Gasteiger partial charge in [-0.15, -0.1) is 11.8 Å². The van der Waals surface area contributed by atoms with Gasteiger partial charge in [0.2, 0.25) is 0 Å². The third kappa shape index (κ3) is 3.11. The molecule has 1 aromatic carbocycles. The van der Waals surface area contributed by atoms with Crippen LogP contribution < -0.4 is 5.73 Å². The summed E-state index contributed by atoms with van der Waals surface area (Å²) in [7, 11) is 0. The van der Waals surface area contributed by atoms with Crippen LogP contribution in [0.1, 0.15) is 18.4 Å². The standard InChI is InChI=1S/C15H17N3O2S/c16-15(18-19)12-8-14(21-9-10-4-3-7-20-10)17-13-6-2-1-5-11(12)13/h1-2,5-6,8,10,19H,3-4,7,9H2,(H2,16,18). The van der Waals surface area contributed by atoms with Crippen molar-refractivity contribution in [2.45, 2.75) is 24.0 Å². The number of hydrogen-bond donors (Lipinski definition) is 2. The van der Waals surface area contributed by atoms with E-state index in [4.69, 9.17) is 15.7 Å².